The van der Waals surface area contributed by atoms with E-state index in [9.17, 15) is 9.59 Å². The lowest BCUT2D eigenvalue weighted by atomic mass is 9.96. The van der Waals surface area contributed by atoms with Gasteiger partial charge < -0.3 is 15.0 Å². The number of para-hydroxylation sites is 2. The van der Waals surface area contributed by atoms with Gasteiger partial charge in [0, 0.05) is 26.2 Å². The van der Waals surface area contributed by atoms with E-state index in [4.69, 9.17) is 4.74 Å². The molecule has 6 nitrogen and oxygen atoms in total. The fourth-order valence-electron chi connectivity index (χ4n) is 5.59. The second kappa shape index (κ2) is 14.0. The highest BCUT2D eigenvalue weighted by Crippen LogP contribution is 2.31. The number of ether oxygens (including phenoxy) is 1. The number of piperazine rings is 1. The zero-order valence-electron chi connectivity index (χ0n) is 24.4. The molecule has 1 saturated heterocycles. The highest BCUT2D eigenvalue weighted by atomic mass is 16.5. The molecule has 4 aromatic rings. The molecule has 0 aromatic heterocycles. The van der Waals surface area contributed by atoms with Crippen molar-refractivity contribution in [3.63, 3.8) is 0 Å². The summed E-state index contributed by atoms with van der Waals surface area (Å²) in [4.78, 5) is 30.9. The van der Waals surface area contributed by atoms with E-state index in [1.54, 1.807) is 12.1 Å². The molecule has 1 heterocycles. The maximum absolute atomic E-state index is 13.7. The van der Waals surface area contributed by atoms with Crippen molar-refractivity contribution in [3.05, 3.63) is 131 Å². The average Bonchev–Trinajstić information content (AvgIpc) is 3.05. The second-order valence-electron chi connectivity index (χ2n) is 10.8. The van der Waals surface area contributed by atoms with Crippen LogP contribution in [0.1, 0.15) is 59.3 Å². The smallest absolute Gasteiger partial charge is 0.262 e. The number of carbonyl (C=O) groups excluding carboxylic acids is 2. The van der Waals surface area contributed by atoms with Crippen molar-refractivity contribution in [3.8, 4) is 5.75 Å². The molecule has 2 amide bonds. The van der Waals surface area contributed by atoms with Crippen LogP contribution in [0, 0.1) is 0 Å². The first-order valence-corrected chi connectivity index (χ1v) is 14.8. The number of nitrogens with one attached hydrogen (secondary N) is 1. The molecular weight excluding hydrogens is 522 g/mol. The molecule has 1 unspecified atom stereocenters. The van der Waals surface area contributed by atoms with E-state index in [-0.39, 0.29) is 24.5 Å². The van der Waals surface area contributed by atoms with Gasteiger partial charge in [0.1, 0.15) is 5.75 Å². The zero-order valence-corrected chi connectivity index (χ0v) is 24.4. The monoisotopic (exact) mass is 561 g/mol. The van der Waals surface area contributed by atoms with Crippen molar-refractivity contribution < 1.29 is 14.3 Å². The molecule has 216 valence electrons. The van der Waals surface area contributed by atoms with Gasteiger partial charge in [-0.25, -0.2) is 0 Å². The van der Waals surface area contributed by atoms with Crippen LogP contribution in [0.25, 0.3) is 0 Å². The van der Waals surface area contributed by atoms with Crippen LogP contribution in [0.3, 0.4) is 0 Å². The van der Waals surface area contributed by atoms with Crippen molar-refractivity contribution in [1.29, 1.82) is 0 Å². The topological polar surface area (TPSA) is 61.9 Å². The Hall–Kier alpha value is -4.42. The van der Waals surface area contributed by atoms with E-state index >= 15 is 0 Å². The summed E-state index contributed by atoms with van der Waals surface area (Å²) in [5, 5.41) is 2.91. The van der Waals surface area contributed by atoms with Gasteiger partial charge in [0.2, 0.25) is 0 Å². The number of nitrogens with zero attached hydrogens (tertiary/aromatic N) is 2. The fraction of sp³-hybridized carbons (Fsp3) is 0.278. The maximum atomic E-state index is 13.7. The fourth-order valence-corrected chi connectivity index (χ4v) is 5.59. The molecule has 1 atom stereocenters. The molecule has 1 aliphatic rings. The van der Waals surface area contributed by atoms with Gasteiger partial charge in [-0.1, -0.05) is 105 Å². The Morgan fingerprint density at radius 2 is 1.33 bits per heavy atom. The molecule has 1 N–H and O–H groups in total. The molecule has 0 saturated carbocycles. The summed E-state index contributed by atoms with van der Waals surface area (Å²) in [5.41, 5.74) is 4.56. The number of hydrogen-bond donors (Lipinski definition) is 1. The van der Waals surface area contributed by atoms with Gasteiger partial charge in [-0.05, 0) is 47.2 Å². The van der Waals surface area contributed by atoms with E-state index in [0.717, 1.165) is 25.1 Å². The number of amides is 2. The Morgan fingerprint density at radius 3 is 1.98 bits per heavy atom. The van der Waals surface area contributed by atoms with E-state index in [0.29, 0.717) is 36.0 Å². The Labute approximate surface area is 248 Å². The van der Waals surface area contributed by atoms with Crippen LogP contribution in [-0.2, 0) is 4.79 Å². The normalized spacial score (nSPS) is 14.4. The lowest BCUT2D eigenvalue weighted by Crippen LogP contribution is -2.50. The summed E-state index contributed by atoms with van der Waals surface area (Å²) in [6.45, 7) is 6.85. The Kier molecular flexibility index (Phi) is 9.67. The first kappa shape index (κ1) is 29.1. The maximum Gasteiger partial charge on any atom is 0.262 e. The molecule has 0 bridgehead atoms. The van der Waals surface area contributed by atoms with Crippen molar-refractivity contribution >= 4 is 17.5 Å². The van der Waals surface area contributed by atoms with Crippen molar-refractivity contribution in [1.82, 2.24) is 9.80 Å². The summed E-state index contributed by atoms with van der Waals surface area (Å²) in [5.74, 6) is 0.671. The van der Waals surface area contributed by atoms with Crippen LogP contribution in [0.15, 0.2) is 109 Å². The SMILES string of the molecule is CCC(C)c1ccccc1OCC(=O)Nc1ccccc1C(=O)N1CCN(C(c2ccccc2)c2ccccc2)CC1. The number of carbonyl (C=O) groups is 2. The minimum absolute atomic E-state index is 0.0791. The molecule has 1 aliphatic heterocycles. The van der Waals surface area contributed by atoms with Crippen LogP contribution in [0.4, 0.5) is 5.69 Å². The highest BCUT2D eigenvalue weighted by Gasteiger charge is 2.29. The number of anilines is 1. The van der Waals surface area contributed by atoms with Crippen molar-refractivity contribution in [2.45, 2.75) is 32.2 Å². The third-order valence-electron chi connectivity index (χ3n) is 8.05. The van der Waals surface area contributed by atoms with Gasteiger partial charge in [-0.2, -0.15) is 0 Å². The number of hydrogen-bond acceptors (Lipinski definition) is 4. The first-order chi connectivity index (χ1) is 20.5. The minimum Gasteiger partial charge on any atom is -0.483 e. The van der Waals surface area contributed by atoms with E-state index in [1.165, 1.54) is 11.1 Å². The Morgan fingerprint density at radius 1 is 0.762 bits per heavy atom. The van der Waals surface area contributed by atoms with Crippen LogP contribution in [0.2, 0.25) is 0 Å². The average molecular weight is 562 g/mol. The van der Waals surface area contributed by atoms with Crippen molar-refractivity contribution in [2.24, 2.45) is 0 Å². The second-order valence-corrected chi connectivity index (χ2v) is 10.8. The third-order valence-corrected chi connectivity index (χ3v) is 8.05. The van der Waals surface area contributed by atoms with E-state index < -0.39 is 0 Å². The summed E-state index contributed by atoms with van der Waals surface area (Å²) in [7, 11) is 0. The first-order valence-electron chi connectivity index (χ1n) is 14.8. The van der Waals surface area contributed by atoms with Gasteiger partial charge in [0.05, 0.1) is 17.3 Å². The predicted octanol–water partition coefficient (Wildman–Crippen LogP) is 6.77. The van der Waals surface area contributed by atoms with Gasteiger partial charge in [-0.3, -0.25) is 14.5 Å². The zero-order chi connectivity index (χ0) is 29.3. The van der Waals surface area contributed by atoms with Gasteiger partial charge >= 0.3 is 0 Å². The van der Waals surface area contributed by atoms with Crippen LogP contribution < -0.4 is 10.1 Å². The molecular formula is C36H39N3O3. The lowest BCUT2D eigenvalue weighted by Gasteiger charge is -2.40. The van der Waals surface area contributed by atoms with Gasteiger partial charge in [0.15, 0.2) is 6.61 Å². The minimum atomic E-state index is -0.299. The van der Waals surface area contributed by atoms with E-state index in [2.05, 4.69) is 72.6 Å². The summed E-state index contributed by atoms with van der Waals surface area (Å²) < 4.78 is 5.91. The summed E-state index contributed by atoms with van der Waals surface area (Å²) in [6, 6.07) is 36.2. The van der Waals surface area contributed by atoms with Crippen molar-refractivity contribution in [2.75, 3.05) is 38.1 Å². The molecule has 42 heavy (non-hydrogen) atoms. The third kappa shape index (κ3) is 6.89. The summed E-state index contributed by atoms with van der Waals surface area (Å²) in [6.07, 6.45) is 0.982. The largest absolute Gasteiger partial charge is 0.483 e. The lowest BCUT2D eigenvalue weighted by molar-refractivity contribution is -0.118. The Balaban J connectivity index is 1.23. The molecule has 6 heteroatoms. The summed E-state index contributed by atoms with van der Waals surface area (Å²) >= 11 is 0. The molecule has 0 spiro atoms. The molecule has 0 aliphatic carbocycles. The molecule has 1 fully saturated rings. The quantitative estimate of drug-likeness (QED) is 0.232. The molecule has 5 rings (SSSR count). The predicted molar refractivity (Wildman–Crippen MR) is 168 cm³/mol. The van der Waals surface area contributed by atoms with E-state index in [1.807, 2.05) is 53.4 Å². The van der Waals surface area contributed by atoms with Crippen LogP contribution in [-0.4, -0.2) is 54.4 Å². The van der Waals surface area contributed by atoms with Gasteiger partial charge in [0.25, 0.3) is 11.8 Å². The molecule has 4 aromatic carbocycles. The number of rotatable bonds is 10. The van der Waals surface area contributed by atoms with Crippen LogP contribution in [0.5, 0.6) is 5.75 Å². The standard InChI is InChI=1S/C36H39N3O3/c1-3-27(2)30-18-11-13-21-33(30)42-26-34(40)37-32-20-12-10-19-31(32)36(41)39-24-22-38(23-25-39)35(28-14-6-4-7-15-28)29-16-8-5-9-17-29/h4-21,27,35H,3,22-26H2,1-2H3,(H,37,40). The molecule has 0 radical (unpaired) electrons. The van der Waals surface area contributed by atoms with Crippen LogP contribution >= 0.6 is 0 Å². The van der Waals surface area contributed by atoms with Gasteiger partial charge in [-0.15, -0.1) is 0 Å². The highest BCUT2D eigenvalue weighted by molar-refractivity contribution is 6.04. The Bertz CT molecular complexity index is 1430. The number of benzene rings is 4.